The predicted octanol–water partition coefficient (Wildman–Crippen LogP) is 0.810. The molecular formula is C15H16N8O. The minimum Gasteiger partial charge on any atom is -0.324 e. The lowest BCUT2D eigenvalue weighted by molar-refractivity contribution is 0.0618. The molecule has 122 valence electrons. The molecule has 5 rings (SSSR count). The Labute approximate surface area is 137 Å². The fourth-order valence-electron chi connectivity index (χ4n) is 3.13. The summed E-state index contributed by atoms with van der Waals surface area (Å²) in [5.41, 5.74) is 0. The zero-order valence-electron chi connectivity index (χ0n) is 13.2. The van der Waals surface area contributed by atoms with Crippen LogP contribution in [-0.4, -0.2) is 51.7 Å². The Bertz CT molecular complexity index is 907. The Morgan fingerprint density at radius 2 is 2.08 bits per heavy atom. The molecule has 0 radical (unpaired) electrons. The van der Waals surface area contributed by atoms with Gasteiger partial charge in [0.15, 0.2) is 5.82 Å². The Morgan fingerprint density at radius 1 is 1.21 bits per heavy atom. The smallest absolute Gasteiger partial charge is 0.294 e. The van der Waals surface area contributed by atoms with E-state index in [2.05, 4.69) is 25.1 Å². The zero-order chi connectivity index (χ0) is 16.3. The van der Waals surface area contributed by atoms with E-state index in [0.717, 1.165) is 11.6 Å². The van der Waals surface area contributed by atoms with Gasteiger partial charge in [0, 0.05) is 24.9 Å². The van der Waals surface area contributed by atoms with Crippen molar-refractivity contribution in [3.8, 4) is 0 Å². The second-order valence-corrected chi connectivity index (χ2v) is 6.30. The molecule has 24 heavy (non-hydrogen) atoms. The molecule has 4 heterocycles. The molecule has 1 atom stereocenters. The van der Waals surface area contributed by atoms with Crippen molar-refractivity contribution in [1.29, 1.82) is 0 Å². The van der Waals surface area contributed by atoms with Gasteiger partial charge in [-0.15, -0.1) is 5.10 Å². The molecule has 1 fully saturated rings. The number of rotatable bonds is 2. The zero-order valence-corrected chi connectivity index (χ0v) is 13.2. The molecule has 0 unspecified atom stereocenters. The first-order valence-corrected chi connectivity index (χ1v) is 8.14. The predicted molar refractivity (Wildman–Crippen MR) is 82.2 cm³/mol. The van der Waals surface area contributed by atoms with E-state index in [1.54, 1.807) is 23.4 Å². The highest BCUT2D eigenvalue weighted by atomic mass is 16.2. The third-order valence-electron chi connectivity index (χ3n) is 4.62. The topological polar surface area (TPSA) is 94.1 Å². The first kappa shape index (κ1) is 13.6. The molecule has 1 aliphatic heterocycles. The third-order valence-corrected chi connectivity index (χ3v) is 4.62. The van der Waals surface area contributed by atoms with Gasteiger partial charge in [-0.25, -0.2) is 19.2 Å². The van der Waals surface area contributed by atoms with Crippen molar-refractivity contribution in [1.82, 2.24) is 39.2 Å². The maximum absolute atomic E-state index is 12.8. The number of carbonyl (C=O) groups is 1. The Morgan fingerprint density at radius 3 is 2.88 bits per heavy atom. The summed E-state index contributed by atoms with van der Waals surface area (Å²) in [5, 5.41) is 8.82. The van der Waals surface area contributed by atoms with E-state index in [0.29, 0.717) is 24.8 Å². The monoisotopic (exact) mass is 324 g/mol. The maximum Gasteiger partial charge on any atom is 0.294 e. The lowest BCUT2D eigenvalue weighted by Crippen LogP contribution is -2.42. The van der Waals surface area contributed by atoms with Crippen LogP contribution in [0.25, 0.3) is 5.78 Å². The van der Waals surface area contributed by atoms with E-state index in [-0.39, 0.29) is 17.8 Å². The van der Waals surface area contributed by atoms with Crippen molar-refractivity contribution in [2.75, 3.05) is 6.54 Å². The number of amides is 1. The Balaban J connectivity index is 1.46. The van der Waals surface area contributed by atoms with Gasteiger partial charge in [0.05, 0.1) is 12.6 Å². The summed E-state index contributed by atoms with van der Waals surface area (Å²) in [4.78, 5) is 27.6. The van der Waals surface area contributed by atoms with Crippen LogP contribution in [0.15, 0.2) is 18.5 Å². The third kappa shape index (κ3) is 2.00. The summed E-state index contributed by atoms with van der Waals surface area (Å²) in [6.07, 6.45) is 5.69. The lowest BCUT2D eigenvalue weighted by Gasteiger charge is -2.31. The van der Waals surface area contributed by atoms with Crippen LogP contribution in [0.4, 0.5) is 0 Å². The molecule has 2 aliphatic rings. The van der Waals surface area contributed by atoms with Gasteiger partial charge in [0.1, 0.15) is 5.82 Å². The fraction of sp³-hybridized carbons (Fsp3) is 0.467. The lowest BCUT2D eigenvalue weighted by atomic mass is 10.2. The minimum absolute atomic E-state index is 0.147. The minimum atomic E-state index is -0.199. The van der Waals surface area contributed by atoms with Gasteiger partial charge in [-0.2, -0.15) is 10.1 Å². The maximum atomic E-state index is 12.8. The summed E-state index contributed by atoms with van der Waals surface area (Å²) < 4.78 is 3.44. The van der Waals surface area contributed by atoms with Crippen LogP contribution in [0.2, 0.25) is 0 Å². The van der Waals surface area contributed by atoms with Crippen LogP contribution < -0.4 is 0 Å². The first-order chi connectivity index (χ1) is 11.7. The van der Waals surface area contributed by atoms with Crippen molar-refractivity contribution in [2.24, 2.45) is 0 Å². The van der Waals surface area contributed by atoms with Crippen LogP contribution in [0.1, 0.15) is 54.0 Å². The van der Waals surface area contributed by atoms with Crippen molar-refractivity contribution < 1.29 is 4.79 Å². The summed E-state index contributed by atoms with van der Waals surface area (Å²) in [7, 11) is 0. The molecule has 1 amide bonds. The van der Waals surface area contributed by atoms with E-state index in [9.17, 15) is 4.79 Å². The SMILES string of the molecule is C[C@@H]1c2nc(C3CC3)nn2CCN1C(=O)c1nc2ncccn2n1. The van der Waals surface area contributed by atoms with Crippen molar-refractivity contribution in [3.63, 3.8) is 0 Å². The number of hydrogen-bond acceptors (Lipinski definition) is 6. The number of carbonyl (C=O) groups excluding carboxylic acids is 1. The van der Waals surface area contributed by atoms with Crippen LogP contribution in [0.3, 0.4) is 0 Å². The molecule has 9 heteroatoms. The van der Waals surface area contributed by atoms with E-state index in [1.807, 2.05) is 11.6 Å². The van der Waals surface area contributed by atoms with Crippen molar-refractivity contribution in [2.45, 2.75) is 38.3 Å². The highest BCUT2D eigenvalue weighted by Crippen LogP contribution is 2.39. The Hall–Kier alpha value is -2.84. The molecular weight excluding hydrogens is 308 g/mol. The van der Waals surface area contributed by atoms with Crippen molar-refractivity contribution in [3.05, 3.63) is 35.9 Å². The molecule has 0 aromatic carbocycles. The number of fused-ring (bicyclic) bond motifs is 2. The van der Waals surface area contributed by atoms with Gasteiger partial charge >= 0.3 is 0 Å². The van der Waals surface area contributed by atoms with Gasteiger partial charge in [-0.1, -0.05) is 0 Å². The highest BCUT2D eigenvalue weighted by Gasteiger charge is 2.35. The summed E-state index contributed by atoms with van der Waals surface area (Å²) >= 11 is 0. The number of nitrogens with zero attached hydrogens (tertiary/aromatic N) is 8. The van der Waals surface area contributed by atoms with Crippen LogP contribution in [0.5, 0.6) is 0 Å². The number of aromatic nitrogens is 7. The van der Waals surface area contributed by atoms with E-state index in [1.165, 1.54) is 17.4 Å². The summed E-state index contributed by atoms with van der Waals surface area (Å²) in [6, 6.07) is 1.60. The molecule has 0 N–H and O–H groups in total. The van der Waals surface area contributed by atoms with Crippen LogP contribution in [-0.2, 0) is 6.54 Å². The molecule has 3 aromatic heterocycles. The van der Waals surface area contributed by atoms with Gasteiger partial charge in [-0.3, -0.25) is 4.79 Å². The standard InChI is InChI=1S/C15H16N8O/c1-9-13-17-11(10-3-4-10)19-22(13)8-7-21(9)14(24)12-18-15-16-5-2-6-23(15)20-12/h2,5-6,9-10H,3-4,7-8H2,1H3/t9-/m1/s1. The first-order valence-electron chi connectivity index (χ1n) is 8.14. The summed E-state index contributed by atoms with van der Waals surface area (Å²) in [6.45, 7) is 3.20. The molecule has 0 spiro atoms. The highest BCUT2D eigenvalue weighted by molar-refractivity contribution is 5.91. The molecule has 1 aliphatic carbocycles. The quantitative estimate of drug-likeness (QED) is 0.692. The molecule has 0 bridgehead atoms. The second kappa shape index (κ2) is 4.83. The van der Waals surface area contributed by atoms with Crippen molar-refractivity contribution >= 4 is 11.7 Å². The van der Waals surface area contributed by atoms with Gasteiger partial charge < -0.3 is 4.90 Å². The van der Waals surface area contributed by atoms with E-state index in [4.69, 9.17) is 0 Å². The fourth-order valence-corrected chi connectivity index (χ4v) is 3.13. The molecule has 3 aromatic rings. The summed E-state index contributed by atoms with van der Waals surface area (Å²) in [5.74, 6) is 2.65. The van der Waals surface area contributed by atoms with Crippen LogP contribution >= 0.6 is 0 Å². The van der Waals surface area contributed by atoms with Gasteiger partial charge in [-0.05, 0) is 25.8 Å². The van der Waals surface area contributed by atoms with Gasteiger partial charge in [0.25, 0.3) is 11.7 Å². The van der Waals surface area contributed by atoms with Crippen LogP contribution in [0, 0.1) is 0 Å². The largest absolute Gasteiger partial charge is 0.324 e. The van der Waals surface area contributed by atoms with E-state index < -0.39 is 0 Å². The molecule has 9 nitrogen and oxygen atoms in total. The molecule has 0 saturated heterocycles. The Kier molecular flexibility index (Phi) is 2.73. The number of hydrogen-bond donors (Lipinski definition) is 0. The van der Waals surface area contributed by atoms with Gasteiger partial charge in [0.2, 0.25) is 5.82 Å². The normalized spacial score (nSPS) is 20.4. The average Bonchev–Trinajstić information content (AvgIpc) is 3.20. The van der Waals surface area contributed by atoms with E-state index >= 15 is 0 Å². The second-order valence-electron chi connectivity index (χ2n) is 6.30. The average molecular weight is 324 g/mol. The molecule has 1 saturated carbocycles.